The van der Waals surface area contributed by atoms with Gasteiger partial charge in [0.2, 0.25) is 0 Å². The van der Waals surface area contributed by atoms with Crippen LogP contribution in [0.4, 0.5) is 5.69 Å². The molecular formula is C20H19N3O3. The summed E-state index contributed by atoms with van der Waals surface area (Å²) in [7, 11) is 1.77. The maximum Gasteiger partial charge on any atom is 0.341 e. The second-order valence-electron chi connectivity index (χ2n) is 5.86. The van der Waals surface area contributed by atoms with Crippen LogP contribution in [0.25, 0.3) is 0 Å². The van der Waals surface area contributed by atoms with Crippen LogP contribution in [0.15, 0.2) is 60.8 Å². The fourth-order valence-electron chi connectivity index (χ4n) is 2.40. The fraction of sp³-hybridized carbons (Fsp3) is 0.150. The molecule has 0 atom stereocenters. The summed E-state index contributed by atoms with van der Waals surface area (Å²) < 4.78 is 6.93. The van der Waals surface area contributed by atoms with Crippen LogP contribution in [0.5, 0.6) is 0 Å². The number of anilines is 1. The molecule has 0 saturated carbocycles. The number of nitrogens with one attached hydrogen (secondary N) is 1. The number of para-hydroxylation sites is 1. The summed E-state index contributed by atoms with van der Waals surface area (Å²) in [6, 6.07) is 16.2. The number of nitrogens with zero attached hydrogens (tertiary/aromatic N) is 2. The summed E-state index contributed by atoms with van der Waals surface area (Å²) in [5, 5.41) is 6.85. The second-order valence-corrected chi connectivity index (χ2v) is 5.86. The minimum Gasteiger partial charge on any atom is -0.457 e. The van der Waals surface area contributed by atoms with Gasteiger partial charge in [0.25, 0.3) is 5.91 Å². The lowest BCUT2D eigenvalue weighted by Gasteiger charge is -2.07. The van der Waals surface area contributed by atoms with Crippen LogP contribution in [0.3, 0.4) is 0 Å². The molecule has 0 aliphatic rings. The number of aromatic nitrogens is 2. The van der Waals surface area contributed by atoms with E-state index in [1.165, 1.54) is 6.20 Å². The van der Waals surface area contributed by atoms with E-state index in [1.54, 1.807) is 36.0 Å². The molecule has 3 rings (SSSR count). The number of amides is 1. The Hall–Kier alpha value is -3.41. The number of aryl methyl sites for hydroxylation is 1. The van der Waals surface area contributed by atoms with Crippen LogP contribution in [0, 0.1) is 6.92 Å². The van der Waals surface area contributed by atoms with Crippen molar-refractivity contribution in [1.29, 1.82) is 0 Å². The van der Waals surface area contributed by atoms with Gasteiger partial charge in [-0.1, -0.05) is 30.3 Å². The number of esters is 1. The zero-order valence-corrected chi connectivity index (χ0v) is 14.6. The normalized spacial score (nSPS) is 10.4. The zero-order valence-electron chi connectivity index (χ0n) is 14.6. The average molecular weight is 349 g/mol. The molecule has 1 N–H and O–H groups in total. The number of hydrogen-bond acceptors (Lipinski definition) is 4. The van der Waals surface area contributed by atoms with Gasteiger partial charge in [-0.25, -0.2) is 4.79 Å². The van der Waals surface area contributed by atoms with Crippen molar-refractivity contribution in [3.63, 3.8) is 0 Å². The van der Waals surface area contributed by atoms with Gasteiger partial charge in [0.05, 0.1) is 6.20 Å². The fourth-order valence-corrected chi connectivity index (χ4v) is 2.40. The van der Waals surface area contributed by atoms with Crippen molar-refractivity contribution >= 4 is 17.6 Å². The van der Waals surface area contributed by atoms with Gasteiger partial charge in [-0.05, 0) is 36.8 Å². The van der Waals surface area contributed by atoms with Crippen LogP contribution in [-0.4, -0.2) is 21.7 Å². The molecule has 0 radical (unpaired) electrons. The number of carbonyl (C=O) groups is 2. The van der Waals surface area contributed by atoms with E-state index in [2.05, 4.69) is 10.4 Å². The standard InChI is InChI=1S/C20H19N3O3/c1-14-18(12-21-23(14)2)20(25)26-13-15-8-10-16(11-9-15)19(24)22-17-6-4-3-5-7-17/h3-12H,13H2,1-2H3,(H,22,24). The van der Waals surface area contributed by atoms with Gasteiger partial charge in [0.15, 0.2) is 0 Å². The minimum absolute atomic E-state index is 0.133. The summed E-state index contributed by atoms with van der Waals surface area (Å²) in [6.07, 6.45) is 1.49. The topological polar surface area (TPSA) is 73.2 Å². The van der Waals surface area contributed by atoms with Crippen molar-refractivity contribution in [2.75, 3.05) is 5.32 Å². The third-order valence-electron chi connectivity index (χ3n) is 4.07. The highest BCUT2D eigenvalue weighted by molar-refractivity contribution is 6.04. The first-order chi connectivity index (χ1) is 12.5. The van der Waals surface area contributed by atoms with Crippen LogP contribution in [0.2, 0.25) is 0 Å². The minimum atomic E-state index is -0.415. The maximum absolute atomic E-state index is 12.2. The summed E-state index contributed by atoms with van der Waals surface area (Å²) in [4.78, 5) is 24.3. The third kappa shape index (κ3) is 3.97. The summed E-state index contributed by atoms with van der Waals surface area (Å²) in [5.41, 5.74) is 3.28. The number of carbonyl (C=O) groups excluding carboxylic acids is 2. The molecule has 0 bridgehead atoms. The molecule has 132 valence electrons. The van der Waals surface area contributed by atoms with Gasteiger partial charge < -0.3 is 10.1 Å². The Morgan fingerprint density at radius 3 is 2.38 bits per heavy atom. The van der Waals surface area contributed by atoms with E-state index in [4.69, 9.17) is 4.74 Å². The molecule has 0 spiro atoms. The van der Waals surface area contributed by atoms with E-state index in [-0.39, 0.29) is 12.5 Å². The number of ether oxygens (including phenoxy) is 1. The Balaban J connectivity index is 1.58. The van der Waals surface area contributed by atoms with Gasteiger partial charge in [0, 0.05) is 24.0 Å². The van der Waals surface area contributed by atoms with E-state index in [0.29, 0.717) is 11.1 Å². The zero-order chi connectivity index (χ0) is 18.5. The van der Waals surface area contributed by atoms with E-state index in [1.807, 2.05) is 37.3 Å². The maximum atomic E-state index is 12.2. The lowest BCUT2D eigenvalue weighted by atomic mass is 10.1. The van der Waals surface area contributed by atoms with Gasteiger partial charge in [-0.3, -0.25) is 9.48 Å². The summed E-state index contributed by atoms with van der Waals surface area (Å²) >= 11 is 0. The molecule has 0 aliphatic carbocycles. The summed E-state index contributed by atoms with van der Waals surface area (Å²) in [5.74, 6) is -0.604. The molecule has 6 nitrogen and oxygen atoms in total. The van der Waals surface area contributed by atoms with Crippen LogP contribution >= 0.6 is 0 Å². The molecule has 2 aromatic carbocycles. The van der Waals surface area contributed by atoms with Gasteiger partial charge in [-0.15, -0.1) is 0 Å². The quantitative estimate of drug-likeness (QED) is 0.717. The highest BCUT2D eigenvalue weighted by Gasteiger charge is 2.14. The molecule has 0 saturated heterocycles. The lowest BCUT2D eigenvalue weighted by Crippen LogP contribution is -2.12. The number of benzene rings is 2. The van der Waals surface area contributed by atoms with Crippen molar-refractivity contribution in [1.82, 2.24) is 9.78 Å². The Kier molecular flexibility index (Phi) is 5.12. The van der Waals surface area contributed by atoms with E-state index >= 15 is 0 Å². The molecule has 6 heteroatoms. The lowest BCUT2D eigenvalue weighted by molar-refractivity contribution is 0.0471. The first kappa shape index (κ1) is 17.4. The average Bonchev–Trinajstić information content (AvgIpc) is 3.00. The predicted molar refractivity (Wildman–Crippen MR) is 97.9 cm³/mol. The van der Waals surface area contributed by atoms with E-state index in [9.17, 15) is 9.59 Å². The van der Waals surface area contributed by atoms with Crippen LogP contribution < -0.4 is 5.32 Å². The number of rotatable bonds is 5. The SMILES string of the molecule is Cc1c(C(=O)OCc2ccc(C(=O)Nc3ccccc3)cc2)cnn1C. The molecule has 1 amide bonds. The van der Waals surface area contributed by atoms with Crippen molar-refractivity contribution < 1.29 is 14.3 Å². The Morgan fingerprint density at radius 1 is 1.08 bits per heavy atom. The van der Waals surface area contributed by atoms with Gasteiger partial charge >= 0.3 is 5.97 Å². The molecule has 0 aliphatic heterocycles. The molecular weight excluding hydrogens is 330 g/mol. The van der Waals surface area contributed by atoms with Crippen molar-refractivity contribution in [2.45, 2.75) is 13.5 Å². The molecule has 1 heterocycles. The Bertz CT molecular complexity index is 915. The van der Waals surface area contributed by atoms with Crippen LogP contribution in [-0.2, 0) is 18.4 Å². The molecule has 0 fully saturated rings. The smallest absolute Gasteiger partial charge is 0.341 e. The first-order valence-electron chi connectivity index (χ1n) is 8.15. The largest absolute Gasteiger partial charge is 0.457 e. The van der Waals surface area contributed by atoms with Crippen molar-refractivity contribution in [2.24, 2.45) is 7.05 Å². The molecule has 1 aromatic heterocycles. The molecule has 3 aromatic rings. The van der Waals surface area contributed by atoms with Crippen molar-refractivity contribution in [3.8, 4) is 0 Å². The Morgan fingerprint density at radius 2 is 1.77 bits per heavy atom. The molecule has 0 unspecified atom stereocenters. The van der Waals surface area contributed by atoms with Gasteiger partial charge in [-0.2, -0.15) is 5.10 Å². The third-order valence-corrected chi connectivity index (χ3v) is 4.07. The van der Waals surface area contributed by atoms with Crippen LogP contribution in [0.1, 0.15) is 32.0 Å². The highest BCUT2D eigenvalue weighted by Crippen LogP contribution is 2.12. The predicted octanol–water partition coefficient (Wildman–Crippen LogP) is 3.34. The highest BCUT2D eigenvalue weighted by atomic mass is 16.5. The second kappa shape index (κ2) is 7.65. The first-order valence-corrected chi connectivity index (χ1v) is 8.15. The number of hydrogen-bond donors (Lipinski definition) is 1. The molecule has 26 heavy (non-hydrogen) atoms. The summed E-state index contributed by atoms with van der Waals surface area (Å²) in [6.45, 7) is 1.94. The van der Waals surface area contributed by atoms with Gasteiger partial charge in [0.1, 0.15) is 12.2 Å². The Labute approximate surface area is 151 Å². The van der Waals surface area contributed by atoms with E-state index < -0.39 is 5.97 Å². The van der Waals surface area contributed by atoms with Crippen molar-refractivity contribution in [3.05, 3.63) is 83.2 Å². The monoisotopic (exact) mass is 349 g/mol. The van der Waals surface area contributed by atoms with E-state index in [0.717, 1.165) is 16.9 Å².